The van der Waals surface area contributed by atoms with Crippen molar-refractivity contribution in [3.8, 4) is 5.75 Å². The van der Waals surface area contributed by atoms with Gasteiger partial charge in [0.25, 0.3) is 0 Å². The topological polar surface area (TPSA) is 60.0 Å². The fourth-order valence-corrected chi connectivity index (χ4v) is 5.82. The lowest BCUT2D eigenvalue weighted by molar-refractivity contribution is 0.0554. The minimum atomic E-state index is -1.73. The Morgan fingerprint density at radius 1 is 1.09 bits per heavy atom. The van der Waals surface area contributed by atoms with Crippen LogP contribution in [0.3, 0.4) is 0 Å². The summed E-state index contributed by atoms with van der Waals surface area (Å²) < 4.78 is 18.2. The van der Waals surface area contributed by atoms with Crippen LogP contribution in [0.5, 0.6) is 5.75 Å². The normalized spacial score (nSPS) is 19.0. The van der Waals surface area contributed by atoms with Crippen LogP contribution in [-0.2, 0) is 22.1 Å². The number of anilines is 1. The quantitative estimate of drug-likeness (QED) is 0.504. The molecule has 0 radical (unpaired) electrons. The van der Waals surface area contributed by atoms with E-state index in [1.54, 1.807) is 0 Å². The summed E-state index contributed by atoms with van der Waals surface area (Å²) in [6.07, 6.45) is 2.43. The molecule has 0 unspecified atom stereocenters. The molecule has 35 heavy (non-hydrogen) atoms. The van der Waals surface area contributed by atoms with Crippen LogP contribution >= 0.6 is 0 Å². The van der Waals surface area contributed by atoms with Gasteiger partial charge in [0.05, 0.1) is 0 Å². The van der Waals surface area contributed by atoms with Crippen molar-refractivity contribution in [2.24, 2.45) is 0 Å². The van der Waals surface area contributed by atoms with Crippen molar-refractivity contribution in [2.45, 2.75) is 76.9 Å². The van der Waals surface area contributed by atoms with E-state index >= 15 is 0 Å². The predicted octanol–water partition coefficient (Wildman–Crippen LogP) is 5.91. The van der Waals surface area contributed by atoms with Crippen LogP contribution in [0.1, 0.15) is 44.7 Å². The number of amides is 1. The molecule has 1 saturated heterocycles. The third-order valence-electron chi connectivity index (χ3n) is 7.55. The zero-order chi connectivity index (χ0) is 25.1. The minimum Gasteiger partial charge on any atom is -0.489 e. The van der Waals surface area contributed by atoms with E-state index in [1.165, 1.54) is 5.69 Å². The van der Waals surface area contributed by atoms with Crippen molar-refractivity contribution in [3.05, 3.63) is 59.7 Å². The highest BCUT2D eigenvalue weighted by Crippen LogP contribution is 2.39. The van der Waals surface area contributed by atoms with Crippen molar-refractivity contribution < 1.29 is 18.7 Å². The van der Waals surface area contributed by atoms with Gasteiger partial charge in [-0.2, -0.15) is 0 Å². The van der Waals surface area contributed by atoms with Gasteiger partial charge >= 0.3 is 6.09 Å². The number of piperidine rings is 1. The molecule has 2 aliphatic heterocycles. The van der Waals surface area contributed by atoms with Crippen molar-refractivity contribution in [3.63, 3.8) is 0 Å². The van der Waals surface area contributed by atoms with Crippen LogP contribution in [0.15, 0.2) is 48.5 Å². The van der Waals surface area contributed by atoms with E-state index < -0.39 is 14.4 Å². The molecule has 6 nitrogen and oxygen atoms in total. The van der Waals surface area contributed by atoms with Gasteiger partial charge in [-0.1, -0.05) is 57.2 Å². The molecule has 0 bridgehead atoms. The van der Waals surface area contributed by atoms with Gasteiger partial charge in [-0.05, 0) is 48.2 Å². The molecule has 2 aliphatic rings. The number of ether oxygens (including phenoxy) is 2. The van der Waals surface area contributed by atoms with Crippen LogP contribution in [0.25, 0.3) is 0 Å². The Morgan fingerprint density at radius 2 is 1.80 bits per heavy atom. The summed E-state index contributed by atoms with van der Waals surface area (Å²) in [5.74, 6) is 0.895. The predicted molar refractivity (Wildman–Crippen MR) is 143 cm³/mol. The molecule has 0 spiro atoms. The van der Waals surface area contributed by atoms with Crippen LogP contribution < -0.4 is 15.0 Å². The van der Waals surface area contributed by atoms with E-state index in [4.69, 9.17) is 13.9 Å². The standard InChI is InChI=1S/C28H40N2O4Si/c1-28(2,3)35(4,5)34-24-13-15-30(16-14-24)23-12-11-22-17-25(20-32-26(22)18-23)33-27(31)29-19-21-9-7-6-8-10-21/h6-12,18,24-25H,13-17,19-20H2,1-5H3,(H,29,31)/t25-/m1/s1. The summed E-state index contributed by atoms with van der Waals surface area (Å²) in [5, 5.41) is 3.06. The largest absolute Gasteiger partial charge is 0.489 e. The SMILES string of the molecule is CC(C)(C)[Si](C)(C)OC1CCN(c2ccc3c(c2)OC[C@H](OC(=O)NCc2ccccc2)C3)CC1. The maximum atomic E-state index is 12.2. The molecule has 0 aromatic heterocycles. The van der Waals surface area contributed by atoms with E-state index in [0.717, 1.165) is 42.8 Å². The van der Waals surface area contributed by atoms with E-state index in [1.807, 2.05) is 30.3 Å². The second-order valence-electron chi connectivity index (χ2n) is 11.2. The van der Waals surface area contributed by atoms with E-state index in [9.17, 15) is 4.79 Å². The molecule has 1 N–H and O–H groups in total. The maximum absolute atomic E-state index is 12.2. The average molecular weight is 497 g/mol. The number of nitrogens with one attached hydrogen (secondary N) is 1. The van der Waals surface area contributed by atoms with Crippen LogP contribution in [0.4, 0.5) is 10.5 Å². The number of benzene rings is 2. The van der Waals surface area contributed by atoms with Crippen LogP contribution in [-0.4, -0.2) is 46.3 Å². The molecule has 0 saturated carbocycles. The Balaban J connectivity index is 1.26. The molecular weight excluding hydrogens is 456 g/mol. The number of carbonyl (C=O) groups is 1. The molecule has 2 aromatic rings. The highest BCUT2D eigenvalue weighted by molar-refractivity contribution is 6.74. The zero-order valence-electron chi connectivity index (χ0n) is 21.8. The monoisotopic (exact) mass is 496 g/mol. The first kappa shape index (κ1) is 25.6. The number of carbonyl (C=O) groups excluding carboxylic acids is 1. The van der Waals surface area contributed by atoms with Crippen molar-refractivity contribution in [1.29, 1.82) is 0 Å². The average Bonchev–Trinajstić information content (AvgIpc) is 2.83. The lowest BCUT2D eigenvalue weighted by Crippen LogP contribution is -2.47. The second-order valence-corrected chi connectivity index (χ2v) is 16.0. The molecular formula is C28H40N2O4Si. The van der Waals surface area contributed by atoms with Gasteiger partial charge in [0, 0.05) is 43.9 Å². The molecule has 1 amide bonds. The van der Waals surface area contributed by atoms with Crippen molar-refractivity contribution >= 4 is 20.1 Å². The van der Waals surface area contributed by atoms with Crippen LogP contribution in [0.2, 0.25) is 18.1 Å². The summed E-state index contributed by atoms with van der Waals surface area (Å²) in [5.41, 5.74) is 3.31. The highest BCUT2D eigenvalue weighted by Gasteiger charge is 2.39. The van der Waals surface area contributed by atoms with Gasteiger partial charge in [-0.25, -0.2) is 4.79 Å². The van der Waals surface area contributed by atoms with E-state index in [-0.39, 0.29) is 11.1 Å². The summed E-state index contributed by atoms with van der Waals surface area (Å²) in [6, 6.07) is 16.2. The third-order valence-corrected chi connectivity index (χ3v) is 12.1. The molecule has 1 fully saturated rings. The summed E-state index contributed by atoms with van der Waals surface area (Å²) in [4.78, 5) is 14.6. The summed E-state index contributed by atoms with van der Waals surface area (Å²) in [6.45, 7) is 14.4. The lowest BCUT2D eigenvalue weighted by Gasteiger charge is -2.42. The molecule has 0 aliphatic carbocycles. The number of nitrogens with zero attached hydrogens (tertiary/aromatic N) is 1. The van der Waals surface area contributed by atoms with Gasteiger partial charge in [-0.3, -0.25) is 0 Å². The number of hydrogen-bond donors (Lipinski definition) is 1. The maximum Gasteiger partial charge on any atom is 0.407 e. The van der Waals surface area contributed by atoms with Gasteiger partial charge in [0.15, 0.2) is 8.32 Å². The summed E-state index contributed by atoms with van der Waals surface area (Å²) in [7, 11) is -1.73. The molecule has 4 rings (SSSR count). The summed E-state index contributed by atoms with van der Waals surface area (Å²) >= 11 is 0. The molecule has 1 atom stereocenters. The van der Waals surface area contributed by atoms with Crippen LogP contribution in [0, 0.1) is 0 Å². The highest BCUT2D eigenvalue weighted by atomic mass is 28.4. The van der Waals surface area contributed by atoms with E-state index in [2.05, 4.69) is 62.3 Å². The van der Waals surface area contributed by atoms with Gasteiger partial charge in [-0.15, -0.1) is 0 Å². The first-order valence-electron chi connectivity index (χ1n) is 12.8. The number of alkyl carbamates (subject to hydrolysis) is 1. The van der Waals surface area contributed by atoms with E-state index in [0.29, 0.717) is 25.7 Å². The Bertz CT molecular complexity index is 998. The Morgan fingerprint density at radius 3 is 2.49 bits per heavy atom. The Labute approximate surface area is 211 Å². The zero-order valence-corrected chi connectivity index (χ0v) is 22.8. The fourth-order valence-electron chi connectivity index (χ4n) is 4.39. The van der Waals surface area contributed by atoms with Gasteiger partial charge in [0.1, 0.15) is 18.5 Å². The van der Waals surface area contributed by atoms with Gasteiger partial charge in [0.2, 0.25) is 0 Å². The molecule has 190 valence electrons. The Kier molecular flexibility index (Phi) is 7.76. The van der Waals surface area contributed by atoms with Crippen molar-refractivity contribution in [2.75, 3.05) is 24.6 Å². The molecule has 2 aromatic carbocycles. The first-order chi connectivity index (χ1) is 16.6. The first-order valence-corrected chi connectivity index (χ1v) is 15.7. The van der Waals surface area contributed by atoms with Gasteiger partial charge < -0.3 is 24.1 Å². The molecule has 2 heterocycles. The number of rotatable bonds is 6. The number of hydrogen-bond acceptors (Lipinski definition) is 5. The number of fused-ring (bicyclic) bond motifs is 1. The third kappa shape index (κ3) is 6.58. The molecule has 7 heteroatoms. The minimum absolute atomic E-state index is 0.240. The fraction of sp³-hybridized carbons (Fsp3) is 0.536. The Hall–Kier alpha value is -2.51. The smallest absolute Gasteiger partial charge is 0.407 e. The second kappa shape index (κ2) is 10.6. The lowest BCUT2D eigenvalue weighted by atomic mass is 10.0. The van der Waals surface area contributed by atoms with Crippen molar-refractivity contribution in [1.82, 2.24) is 5.32 Å².